The summed E-state index contributed by atoms with van der Waals surface area (Å²) >= 11 is 0. The highest BCUT2D eigenvalue weighted by atomic mass is 16.5. The van der Waals surface area contributed by atoms with E-state index < -0.39 is 11.5 Å². The van der Waals surface area contributed by atoms with Gasteiger partial charge in [0, 0.05) is 36.3 Å². The number of fused-ring (bicyclic) bond motifs is 7. The number of carboxylic acid groups (broad SMARTS) is 1. The molecule has 59 heavy (non-hydrogen) atoms. The van der Waals surface area contributed by atoms with Gasteiger partial charge < -0.3 is 20.5 Å². The normalized spacial score (nSPS) is 37.3. The van der Waals surface area contributed by atoms with Crippen LogP contribution in [-0.4, -0.2) is 53.7 Å². The van der Waals surface area contributed by atoms with Gasteiger partial charge in [-0.05, 0) is 166 Å². The number of ketones is 2. The second-order valence-corrected chi connectivity index (χ2v) is 22.0. The Hall–Kier alpha value is -3.49. The number of benzene rings is 1. The number of Topliss-reactive ketones (excluding diaryl/α,β-unsaturated/α-hetero) is 2. The van der Waals surface area contributed by atoms with Gasteiger partial charge in [0.05, 0.1) is 13.0 Å². The van der Waals surface area contributed by atoms with Gasteiger partial charge >= 0.3 is 5.97 Å². The Morgan fingerprint density at radius 2 is 1.58 bits per heavy atom. The zero-order valence-corrected chi connectivity index (χ0v) is 37.6. The number of hydrogen-bond donors (Lipinski definition) is 3. The SMILES string of the molecule is COc1ccc(C(=O)NC(C)(C)C(=O)NCCC23CCC4C(CCC5C4(C)CCC4C(C)(C)C(CC(=O)C6CC(C(=O)O)C6C)CCC45C)C2=C(C(C)C)C(=O)C3)cc1. The second kappa shape index (κ2) is 15.4. The van der Waals surface area contributed by atoms with Gasteiger partial charge in [0.15, 0.2) is 5.78 Å². The lowest BCUT2D eigenvalue weighted by Gasteiger charge is -2.69. The number of carboxylic acids is 1. The highest BCUT2D eigenvalue weighted by Crippen LogP contribution is 2.74. The van der Waals surface area contributed by atoms with Crippen molar-refractivity contribution in [3.05, 3.63) is 41.0 Å². The van der Waals surface area contributed by atoms with Crippen LogP contribution in [0.2, 0.25) is 0 Å². The largest absolute Gasteiger partial charge is 0.497 e. The molecule has 7 rings (SSSR count). The molecule has 5 saturated carbocycles. The molecule has 0 spiro atoms. The van der Waals surface area contributed by atoms with Gasteiger partial charge in [-0.25, -0.2) is 0 Å². The fraction of sp³-hybridized carbons (Fsp3) is 0.740. The van der Waals surface area contributed by atoms with Gasteiger partial charge in [-0.3, -0.25) is 24.0 Å². The number of aliphatic carboxylic acids is 1. The van der Waals surface area contributed by atoms with Crippen LogP contribution in [0, 0.1) is 74.9 Å². The van der Waals surface area contributed by atoms with Crippen LogP contribution in [0.1, 0.15) is 150 Å². The number of allylic oxidation sites excluding steroid dienone is 2. The molecule has 0 saturated heterocycles. The summed E-state index contributed by atoms with van der Waals surface area (Å²) in [5.74, 6) is 1.76. The minimum absolute atomic E-state index is 0.0183. The summed E-state index contributed by atoms with van der Waals surface area (Å²) in [6.07, 6.45) is 11.1. The first-order valence-corrected chi connectivity index (χ1v) is 22.9. The van der Waals surface area contributed by atoms with Crippen molar-refractivity contribution in [3.8, 4) is 5.75 Å². The quantitative estimate of drug-likeness (QED) is 0.191. The third kappa shape index (κ3) is 7.20. The number of rotatable bonds is 12. The third-order valence-corrected chi connectivity index (χ3v) is 18.2. The van der Waals surface area contributed by atoms with Crippen molar-refractivity contribution in [3.63, 3.8) is 0 Å². The predicted octanol–water partition coefficient (Wildman–Crippen LogP) is 9.23. The Labute approximate surface area is 353 Å². The van der Waals surface area contributed by atoms with Crippen molar-refractivity contribution in [2.45, 2.75) is 145 Å². The molecule has 6 aliphatic carbocycles. The lowest BCUT2D eigenvalue weighted by molar-refractivity contribution is -0.193. The zero-order valence-electron chi connectivity index (χ0n) is 37.6. The van der Waals surface area contributed by atoms with E-state index in [1.807, 2.05) is 6.92 Å². The van der Waals surface area contributed by atoms with E-state index in [-0.39, 0.29) is 62.9 Å². The number of carbonyl (C=O) groups excluding carboxylic acids is 4. The van der Waals surface area contributed by atoms with Gasteiger partial charge in [0.25, 0.3) is 5.91 Å². The van der Waals surface area contributed by atoms with Gasteiger partial charge in [-0.2, -0.15) is 0 Å². The van der Waals surface area contributed by atoms with Crippen molar-refractivity contribution in [1.82, 2.24) is 10.6 Å². The number of ether oxygens (including phenoxy) is 1. The molecule has 0 bridgehead atoms. The van der Waals surface area contributed by atoms with E-state index in [9.17, 15) is 29.1 Å². The number of methoxy groups -OCH3 is 1. The average Bonchev–Trinajstić information content (AvgIpc) is 3.47. The molecule has 9 nitrogen and oxygen atoms in total. The van der Waals surface area contributed by atoms with E-state index in [0.717, 1.165) is 50.5 Å². The van der Waals surface area contributed by atoms with Crippen LogP contribution in [0.3, 0.4) is 0 Å². The Morgan fingerprint density at radius 3 is 2.20 bits per heavy atom. The molecule has 2 amide bonds. The van der Waals surface area contributed by atoms with E-state index in [2.05, 4.69) is 52.2 Å². The van der Waals surface area contributed by atoms with Crippen LogP contribution in [0.25, 0.3) is 0 Å². The summed E-state index contributed by atoms with van der Waals surface area (Å²) < 4.78 is 5.22. The maximum Gasteiger partial charge on any atom is 0.306 e. The van der Waals surface area contributed by atoms with Crippen molar-refractivity contribution in [1.29, 1.82) is 0 Å². The van der Waals surface area contributed by atoms with E-state index in [0.29, 0.717) is 78.9 Å². The first-order valence-electron chi connectivity index (χ1n) is 22.9. The molecule has 1 aromatic carbocycles. The molecule has 11 unspecified atom stereocenters. The molecule has 11 atom stereocenters. The second-order valence-electron chi connectivity index (χ2n) is 22.0. The number of amides is 2. The number of nitrogens with one attached hydrogen (secondary N) is 2. The molecule has 3 N–H and O–H groups in total. The van der Waals surface area contributed by atoms with Crippen LogP contribution in [-0.2, 0) is 19.2 Å². The molecular weight excluding hydrogens is 741 g/mol. The zero-order chi connectivity index (χ0) is 43.0. The summed E-state index contributed by atoms with van der Waals surface area (Å²) in [4.78, 5) is 66.0. The maximum atomic E-state index is 14.1. The van der Waals surface area contributed by atoms with Crippen molar-refractivity contribution >= 4 is 29.4 Å². The Kier molecular flexibility index (Phi) is 11.4. The van der Waals surface area contributed by atoms with E-state index in [1.54, 1.807) is 45.2 Å². The van der Waals surface area contributed by atoms with Crippen molar-refractivity contribution in [2.24, 2.45) is 74.9 Å². The summed E-state index contributed by atoms with van der Waals surface area (Å²) in [5.41, 5.74) is 1.90. The predicted molar refractivity (Wildman–Crippen MR) is 228 cm³/mol. The number of hydrogen-bond acceptors (Lipinski definition) is 6. The topological polar surface area (TPSA) is 139 Å². The molecule has 9 heteroatoms. The fourth-order valence-corrected chi connectivity index (χ4v) is 14.9. The van der Waals surface area contributed by atoms with Crippen LogP contribution < -0.4 is 15.4 Å². The van der Waals surface area contributed by atoms with Gasteiger partial charge in [0.2, 0.25) is 5.91 Å². The summed E-state index contributed by atoms with van der Waals surface area (Å²) in [7, 11) is 1.58. The first kappa shape index (κ1) is 43.6. The standard InChI is InChI=1S/C50H72N2O7/c1-28(2)41-38(54)27-50(23-24-51-45(58)47(6,7)52-43(55)30-11-13-32(59-10)14-12-30)22-18-36-33(42(41)50)15-16-40-48(36,8)21-19-39-46(4,5)31(17-20-49(39,40)9)25-37(53)34-26-35(29(34)3)44(56)57/h11-14,28-29,31,33-36,39-40H,15-27H2,1-10H3,(H,51,58)(H,52,55)(H,56,57). The summed E-state index contributed by atoms with van der Waals surface area (Å²) in [6.45, 7) is 20.2. The molecule has 0 aromatic heterocycles. The van der Waals surface area contributed by atoms with Crippen molar-refractivity contribution < 1.29 is 33.8 Å². The lowest BCUT2D eigenvalue weighted by Crippen LogP contribution is -2.62. The third-order valence-electron chi connectivity index (χ3n) is 18.2. The highest BCUT2D eigenvalue weighted by molar-refractivity contribution is 6.01. The molecule has 0 radical (unpaired) electrons. The Balaban J connectivity index is 1.05. The van der Waals surface area contributed by atoms with Gasteiger partial charge in [-0.1, -0.05) is 54.0 Å². The van der Waals surface area contributed by atoms with E-state index in [1.165, 1.54) is 12.0 Å². The highest BCUT2D eigenvalue weighted by Gasteiger charge is 2.66. The Bertz CT molecular complexity index is 1900. The van der Waals surface area contributed by atoms with Crippen molar-refractivity contribution in [2.75, 3.05) is 13.7 Å². The van der Waals surface area contributed by atoms with Gasteiger partial charge in [-0.15, -0.1) is 0 Å². The van der Waals surface area contributed by atoms with E-state index >= 15 is 0 Å². The minimum atomic E-state index is -1.13. The van der Waals surface area contributed by atoms with Crippen LogP contribution in [0.15, 0.2) is 35.4 Å². The lowest BCUT2D eigenvalue weighted by atomic mass is 9.35. The van der Waals surface area contributed by atoms with Crippen LogP contribution >= 0.6 is 0 Å². The Morgan fingerprint density at radius 1 is 0.898 bits per heavy atom. The number of carbonyl (C=O) groups is 5. The minimum Gasteiger partial charge on any atom is -0.497 e. The fourth-order valence-electron chi connectivity index (χ4n) is 14.9. The molecular formula is C50H72N2O7. The van der Waals surface area contributed by atoms with E-state index in [4.69, 9.17) is 4.74 Å². The molecule has 0 aliphatic heterocycles. The summed E-state index contributed by atoms with van der Waals surface area (Å²) in [6, 6.07) is 6.82. The average molecular weight is 813 g/mol. The van der Waals surface area contributed by atoms with Crippen LogP contribution in [0.4, 0.5) is 0 Å². The smallest absolute Gasteiger partial charge is 0.306 e. The molecule has 1 aromatic rings. The maximum absolute atomic E-state index is 14.1. The first-order chi connectivity index (χ1) is 27.6. The monoisotopic (exact) mass is 813 g/mol. The molecule has 324 valence electrons. The molecule has 0 heterocycles. The van der Waals surface area contributed by atoms with Crippen LogP contribution in [0.5, 0.6) is 5.75 Å². The summed E-state index contributed by atoms with van der Waals surface area (Å²) in [5, 5.41) is 15.6. The van der Waals surface area contributed by atoms with Gasteiger partial charge in [0.1, 0.15) is 17.1 Å². The molecule has 5 fully saturated rings. The molecule has 6 aliphatic rings.